The Morgan fingerprint density at radius 2 is 1.81 bits per heavy atom. The molecule has 2 aliphatic heterocycles. The van der Waals surface area contributed by atoms with E-state index < -0.39 is 15.7 Å². The van der Waals surface area contributed by atoms with E-state index in [4.69, 9.17) is 21.1 Å². The number of benzene rings is 2. The number of aliphatic imine (C=N–C) groups is 1. The standard InChI is InChI=1S/C21H21ClN2O5S2/c1-28-16-6-2-14(3-7-16)10-24-18-12-31(26,27)13-19(18)30-21(24)23-20(25)11-29-17-8-4-15(22)5-9-17/h2-9,18-19H,10-13H2,1H3/t18-,19-/m1/s1. The van der Waals surface area contributed by atoms with Crippen LogP contribution in [0.1, 0.15) is 5.56 Å². The molecule has 31 heavy (non-hydrogen) atoms. The van der Waals surface area contributed by atoms with Crippen molar-refractivity contribution in [1.82, 2.24) is 4.90 Å². The Balaban J connectivity index is 1.49. The summed E-state index contributed by atoms with van der Waals surface area (Å²) in [6, 6.07) is 14.0. The molecule has 2 saturated heterocycles. The van der Waals surface area contributed by atoms with Crippen molar-refractivity contribution in [3.63, 3.8) is 0 Å². The van der Waals surface area contributed by atoms with Gasteiger partial charge in [-0.2, -0.15) is 4.99 Å². The van der Waals surface area contributed by atoms with Crippen LogP contribution >= 0.6 is 23.4 Å². The maximum absolute atomic E-state index is 12.5. The molecule has 2 heterocycles. The van der Waals surface area contributed by atoms with Gasteiger partial charge in [-0.3, -0.25) is 4.79 Å². The van der Waals surface area contributed by atoms with Crippen molar-refractivity contribution in [2.75, 3.05) is 25.2 Å². The first kappa shape index (κ1) is 22.0. The van der Waals surface area contributed by atoms with E-state index >= 15 is 0 Å². The molecule has 0 aliphatic carbocycles. The Morgan fingerprint density at radius 1 is 1.13 bits per heavy atom. The molecule has 1 amide bonds. The van der Waals surface area contributed by atoms with Gasteiger partial charge in [-0.25, -0.2) is 8.42 Å². The molecule has 4 rings (SSSR count). The van der Waals surface area contributed by atoms with E-state index in [9.17, 15) is 13.2 Å². The molecule has 164 valence electrons. The second kappa shape index (κ2) is 9.10. The highest BCUT2D eigenvalue weighted by Crippen LogP contribution is 2.39. The summed E-state index contributed by atoms with van der Waals surface area (Å²) in [4.78, 5) is 18.6. The van der Waals surface area contributed by atoms with E-state index in [2.05, 4.69) is 4.99 Å². The summed E-state index contributed by atoms with van der Waals surface area (Å²) in [7, 11) is -1.50. The summed E-state index contributed by atoms with van der Waals surface area (Å²) in [5, 5.41) is 0.981. The highest BCUT2D eigenvalue weighted by molar-refractivity contribution is 8.15. The van der Waals surface area contributed by atoms with Gasteiger partial charge >= 0.3 is 0 Å². The maximum Gasteiger partial charge on any atom is 0.285 e. The van der Waals surface area contributed by atoms with Crippen molar-refractivity contribution in [3.05, 3.63) is 59.1 Å². The van der Waals surface area contributed by atoms with Crippen LogP contribution in [0.25, 0.3) is 0 Å². The molecule has 7 nitrogen and oxygen atoms in total. The summed E-state index contributed by atoms with van der Waals surface area (Å²) in [6.07, 6.45) is 0. The van der Waals surface area contributed by atoms with Crippen molar-refractivity contribution in [3.8, 4) is 11.5 Å². The third kappa shape index (κ3) is 5.34. The molecule has 0 aromatic heterocycles. The topological polar surface area (TPSA) is 85.3 Å². The van der Waals surface area contributed by atoms with E-state index in [1.807, 2.05) is 29.2 Å². The predicted molar refractivity (Wildman–Crippen MR) is 122 cm³/mol. The number of amidine groups is 1. The van der Waals surface area contributed by atoms with Crippen LogP contribution in [-0.2, 0) is 21.2 Å². The van der Waals surface area contributed by atoms with Gasteiger partial charge in [0.25, 0.3) is 5.91 Å². The summed E-state index contributed by atoms with van der Waals surface area (Å²) in [6.45, 7) is 0.244. The lowest BCUT2D eigenvalue weighted by Gasteiger charge is -2.24. The fourth-order valence-corrected chi connectivity index (χ4v) is 7.66. The molecule has 0 N–H and O–H groups in total. The number of nitrogens with zero attached hydrogens (tertiary/aromatic N) is 2. The minimum absolute atomic E-state index is 0.0648. The number of rotatable bonds is 6. The van der Waals surface area contributed by atoms with Crippen LogP contribution in [0.15, 0.2) is 53.5 Å². The van der Waals surface area contributed by atoms with Gasteiger partial charge in [-0.05, 0) is 42.0 Å². The number of carbonyl (C=O) groups is 1. The van der Waals surface area contributed by atoms with E-state index in [-0.39, 0.29) is 29.4 Å². The van der Waals surface area contributed by atoms with Gasteiger partial charge in [0.2, 0.25) is 0 Å². The van der Waals surface area contributed by atoms with Gasteiger partial charge in [-0.15, -0.1) is 0 Å². The summed E-state index contributed by atoms with van der Waals surface area (Å²) in [5.41, 5.74) is 0.976. The summed E-state index contributed by atoms with van der Waals surface area (Å²) >= 11 is 7.20. The highest BCUT2D eigenvalue weighted by atomic mass is 35.5. The molecule has 2 fully saturated rings. The molecule has 0 spiro atoms. The first-order chi connectivity index (χ1) is 14.8. The zero-order chi connectivity index (χ0) is 22.0. The molecule has 2 aliphatic rings. The van der Waals surface area contributed by atoms with Gasteiger partial charge < -0.3 is 14.4 Å². The fourth-order valence-electron chi connectivity index (χ4n) is 3.56. The molecule has 2 aromatic carbocycles. The Hall–Kier alpha value is -2.23. The molecule has 2 atom stereocenters. The number of halogens is 1. The fraction of sp³-hybridized carbons (Fsp3) is 0.333. The number of amides is 1. The molecule has 0 radical (unpaired) electrons. The number of fused-ring (bicyclic) bond motifs is 1. The zero-order valence-electron chi connectivity index (χ0n) is 16.7. The Bertz CT molecular complexity index is 1090. The predicted octanol–water partition coefficient (Wildman–Crippen LogP) is 3.02. The molecule has 0 unspecified atom stereocenters. The number of carbonyl (C=O) groups excluding carboxylic acids is 1. The van der Waals surface area contributed by atoms with Crippen molar-refractivity contribution < 1.29 is 22.7 Å². The third-order valence-electron chi connectivity index (χ3n) is 5.08. The van der Waals surface area contributed by atoms with E-state index in [1.165, 1.54) is 11.8 Å². The molecule has 2 aromatic rings. The summed E-state index contributed by atoms with van der Waals surface area (Å²) < 4.78 is 35.0. The average Bonchev–Trinajstić information content (AvgIpc) is 3.20. The zero-order valence-corrected chi connectivity index (χ0v) is 19.1. The second-order valence-corrected chi connectivity index (χ2v) is 11.1. The highest BCUT2D eigenvalue weighted by Gasteiger charge is 2.48. The van der Waals surface area contributed by atoms with Crippen molar-refractivity contribution >= 4 is 44.3 Å². The number of hydrogen-bond acceptors (Lipinski definition) is 6. The minimum Gasteiger partial charge on any atom is -0.497 e. The van der Waals surface area contributed by atoms with Gasteiger partial charge in [0, 0.05) is 16.8 Å². The smallest absolute Gasteiger partial charge is 0.285 e. The van der Waals surface area contributed by atoms with Crippen LogP contribution in [0.5, 0.6) is 11.5 Å². The first-order valence-corrected chi connectivity index (χ1v) is 12.7. The SMILES string of the molecule is COc1ccc(CN2C(=NC(=O)COc3ccc(Cl)cc3)S[C@@H]3CS(=O)(=O)C[C@H]32)cc1. The van der Waals surface area contributed by atoms with Crippen molar-refractivity contribution in [1.29, 1.82) is 0 Å². The van der Waals surface area contributed by atoms with E-state index in [0.29, 0.717) is 22.5 Å². The minimum atomic E-state index is -3.10. The number of ether oxygens (including phenoxy) is 2. The Kier molecular flexibility index (Phi) is 6.45. The largest absolute Gasteiger partial charge is 0.497 e. The first-order valence-electron chi connectivity index (χ1n) is 9.59. The van der Waals surface area contributed by atoms with Gasteiger partial charge in [0.1, 0.15) is 11.5 Å². The number of methoxy groups -OCH3 is 1. The lowest BCUT2D eigenvalue weighted by molar-refractivity contribution is -0.119. The van der Waals surface area contributed by atoms with Crippen LogP contribution in [0.2, 0.25) is 5.02 Å². The quantitative estimate of drug-likeness (QED) is 0.628. The lowest BCUT2D eigenvalue weighted by atomic mass is 10.1. The molecule has 10 heteroatoms. The lowest BCUT2D eigenvalue weighted by Crippen LogP contribution is -2.37. The monoisotopic (exact) mass is 480 g/mol. The third-order valence-corrected chi connectivity index (χ3v) is 8.58. The Morgan fingerprint density at radius 3 is 2.48 bits per heavy atom. The van der Waals surface area contributed by atoms with E-state index in [0.717, 1.165) is 11.3 Å². The molecule has 0 bridgehead atoms. The molecular weight excluding hydrogens is 460 g/mol. The van der Waals surface area contributed by atoms with Crippen LogP contribution in [-0.4, -0.2) is 60.9 Å². The number of hydrogen-bond donors (Lipinski definition) is 0. The van der Waals surface area contributed by atoms with Gasteiger partial charge in [-0.1, -0.05) is 35.5 Å². The Labute approximate surface area is 190 Å². The average molecular weight is 481 g/mol. The van der Waals surface area contributed by atoms with E-state index in [1.54, 1.807) is 31.4 Å². The van der Waals surface area contributed by atoms with Gasteiger partial charge in [0.15, 0.2) is 21.6 Å². The number of thioether (sulfide) groups is 1. The molecule has 0 saturated carbocycles. The normalized spacial score (nSPS) is 23.0. The van der Waals surface area contributed by atoms with Crippen LogP contribution in [0.4, 0.5) is 0 Å². The second-order valence-electron chi connectivity index (χ2n) is 7.31. The molecular formula is C21H21ClN2O5S2. The van der Waals surface area contributed by atoms with Crippen LogP contribution in [0, 0.1) is 0 Å². The van der Waals surface area contributed by atoms with Crippen LogP contribution < -0.4 is 9.47 Å². The van der Waals surface area contributed by atoms with Crippen molar-refractivity contribution in [2.24, 2.45) is 4.99 Å². The van der Waals surface area contributed by atoms with Crippen LogP contribution in [0.3, 0.4) is 0 Å². The maximum atomic E-state index is 12.5. The number of sulfone groups is 1. The summed E-state index contributed by atoms with van der Waals surface area (Å²) in [5.74, 6) is 0.991. The van der Waals surface area contributed by atoms with Gasteiger partial charge in [0.05, 0.1) is 24.7 Å². The van der Waals surface area contributed by atoms with Crippen molar-refractivity contribution in [2.45, 2.75) is 17.8 Å².